The summed E-state index contributed by atoms with van der Waals surface area (Å²) in [4.78, 5) is 0. The van der Waals surface area contributed by atoms with Crippen molar-refractivity contribution in [2.24, 2.45) is 0 Å². The summed E-state index contributed by atoms with van der Waals surface area (Å²) in [6, 6.07) is 6.68. The van der Waals surface area contributed by atoms with E-state index in [1.807, 2.05) is 0 Å². The van der Waals surface area contributed by atoms with Crippen molar-refractivity contribution in [1.29, 1.82) is 0 Å². The average Bonchev–Trinajstić information content (AvgIpc) is 2.28. The Kier molecular flexibility index (Phi) is 2.11. The molecule has 1 aromatic rings. The number of fused-ring (bicyclic) bond motifs is 1. The van der Waals surface area contributed by atoms with Gasteiger partial charge in [0.1, 0.15) is 0 Å². The van der Waals surface area contributed by atoms with Gasteiger partial charge in [-0.3, -0.25) is 10.9 Å². The molecule has 2 rings (SSSR count). The number of rotatable bonds is 0. The number of benzene rings is 1. The fraction of sp³-hybridized carbons (Fsp3) is 0.400. The number of hydrazine groups is 1. The van der Waals surface area contributed by atoms with Crippen LogP contribution in [0.1, 0.15) is 16.7 Å². The van der Waals surface area contributed by atoms with Gasteiger partial charge in [0.05, 0.1) is 0 Å². The van der Waals surface area contributed by atoms with Gasteiger partial charge < -0.3 is 0 Å². The van der Waals surface area contributed by atoms with Gasteiger partial charge in [-0.2, -0.15) is 0 Å². The van der Waals surface area contributed by atoms with E-state index in [1.54, 1.807) is 0 Å². The van der Waals surface area contributed by atoms with Crippen molar-refractivity contribution in [3.8, 4) is 0 Å². The van der Waals surface area contributed by atoms with Crippen LogP contribution in [0, 0.1) is 6.92 Å². The van der Waals surface area contributed by atoms with Crippen molar-refractivity contribution < 1.29 is 0 Å². The van der Waals surface area contributed by atoms with Gasteiger partial charge in [-0.15, -0.1) is 0 Å². The first-order chi connectivity index (χ1) is 5.86. The Balaban J connectivity index is 2.36. The van der Waals surface area contributed by atoms with Crippen molar-refractivity contribution >= 4 is 0 Å². The largest absolute Gasteiger partial charge is 0.257 e. The summed E-state index contributed by atoms with van der Waals surface area (Å²) in [5.74, 6) is 0. The maximum atomic E-state index is 3.18. The van der Waals surface area contributed by atoms with Crippen LogP contribution in [0.5, 0.6) is 0 Å². The summed E-state index contributed by atoms with van der Waals surface area (Å²) in [6.45, 7) is 4.10. The third-order valence-electron chi connectivity index (χ3n) is 2.28. The van der Waals surface area contributed by atoms with Crippen molar-refractivity contribution in [2.75, 3.05) is 6.54 Å². The summed E-state index contributed by atoms with van der Waals surface area (Å²) in [7, 11) is 0. The molecule has 0 spiro atoms. The molecule has 1 aliphatic heterocycles. The highest BCUT2D eigenvalue weighted by Gasteiger charge is 2.05. The van der Waals surface area contributed by atoms with Crippen LogP contribution in [0.3, 0.4) is 0 Å². The quantitative estimate of drug-likeness (QED) is 0.598. The summed E-state index contributed by atoms with van der Waals surface area (Å²) in [5, 5.41) is 0. The Bertz CT molecular complexity index is 281. The fourth-order valence-electron chi connectivity index (χ4n) is 1.61. The van der Waals surface area contributed by atoms with E-state index in [4.69, 9.17) is 0 Å². The van der Waals surface area contributed by atoms with E-state index in [0.717, 1.165) is 19.5 Å². The third kappa shape index (κ3) is 1.49. The van der Waals surface area contributed by atoms with Crippen molar-refractivity contribution in [2.45, 2.75) is 19.9 Å². The van der Waals surface area contributed by atoms with Crippen LogP contribution in [0.25, 0.3) is 0 Å². The van der Waals surface area contributed by atoms with Crippen molar-refractivity contribution in [1.82, 2.24) is 10.9 Å². The van der Waals surface area contributed by atoms with E-state index in [2.05, 4.69) is 36.0 Å². The molecule has 2 nitrogen and oxygen atoms in total. The van der Waals surface area contributed by atoms with Crippen LogP contribution in [0.2, 0.25) is 0 Å². The molecule has 0 unspecified atom stereocenters. The molecule has 64 valence electrons. The Hall–Kier alpha value is -0.860. The first kappa shape index (κ1) is 7.77. The van der Waals surface area contributed by atoms with Gasteiger partial charge in [-0.1, -0.05) is 23.8 Å². The second-order valence-corrected chi connectivity index (χ2v) is 3.30. The van der Waals surface area contributed by atoms with E-state index >= 15 is 0 Å². The Morgan fingerprint density at radius 1 is 1.17 bits per heavy atom. The van der Waals surface area contributed by atoms with Crippen molar-refractivity contribution in [3.05, 3.63) is 34.9 Å². The minimum Gasteiger partial charge on any atom is -0.257 e. The molecule has 0 amide bonds. The van der Waals surface area contributed by atoms with Gasteiger partial charge in [0.2, 0.25) is 0 Å². The van der Waals surface area contributed by atoms with E-state index in [1.165, 1.54) is 16.7 Å². The Morgan fingerprint density at radius 3 is 3.00 bits per heavy atom. The van der Waals surface area contributed by atoms with E-state index in [9.17, 15) is 0 Å². The normalized spacial score (nSPS) is 16.8. The van der Waals surface area contributed by atoms with E-state index in [-0.39, 0.29) is 0 Å². The number of nitrogens with one attached hydrogen (secondary N) is 2. The highest BCUT2D eigenvalue weighted by molar-refractivity contribution is 5.32. The zero-order chi connectivity index (χ0) is 8.39. The monoisotopic (exact) mass is 162 g/mol. The second kappa shape index (κ2) is 3.25. The predicted molar refractivity (Wildman–Crippen MR) is 49.7 cm³/mol. The Labute approximate surface area is 73.0 Å². The first-order valence-corrected chi connectivity index (χ1v) is 4.40. The highest BCUT2D eigenvalue weighted by Crippen LogP contribution is 2.13. The number of aryl methyl sites for hydroxylation is 1. The van der Waals surface area contributed by atoms with Gasteiger partial charge in [-0.05, 0) is 24.5 Å². The molecule has 0 atom stereocenters. The predicted octanol–water partition coefficient (Wildman–Crippen LogP) is 1.15. The molecule has 2 N–H and O–H groups in total. The summed E-state index contributed by atoms with van der Waals surface area (Å²) in [5.41, 5.74) is 10.6. The lowest BCUT2D eigenvalue weighted by molar-refractivity contribution is 0.553. The fourth-order valence-corrected chi connectivity index (χ4v) is 1.61. The van der Waals surface area contributed by atoms with Gasteiger partial charge in [-0.25, -0.2) is 0 Å². The molecular weight excluding hydrogens is 148 g/mol. The molecule has 0 bridgehead atoms. The zero-order valence-corrected chi connectivity index (χ0v) is 7.35. The maximum Gasteiger partial charge on any atom is 0.0353 e. The maximum absolute atomic E-state index is 3.18. The molecule has 1 aliphatic rings. The van der Waals surface area contributed by atoms with E-state index in [0.29, 0.717) is 0 Å². The van der Waals surface area contributed by atoms with Crippen LogP contribution in [0.4, 0.5) is 0 Å². The molecule has 12 heavy (non-hydrogen) atoms. The first-order valence-electron chi connectivity index (χ1n) is 4.40. The van der Waals surface area contributed by atoms with Crippen LogP contribution >= 0.6 is 0 Å². The minimum atomic E-state index is 0.941. The molecule has 1 aromatic carbocycles. The SMILES string of the molecule is Cc1ccc2c(c1)CNNCC2. The van der Waals surface area contributed by atoms with Crippen LogP contribution in [-0.2, 0) is 13.0 Å². The van der Waals surface area contributed by atoms with E-state index < -0.39 is 0 Å². The lowest BCUT2D eigenvalue weighted by Gasteiger charge is -2.04. The molecular formula is C10H14N2. The van der Waals surface area contributed by atoms with Gasteiger partial charge >= 0.3 is 0 Å². The molecule has 0 aromatic heterocycles. The van der Waals surface area contributed by atoms with Crippen molar-refractivity contribution in [3.63, 3.8) is 0 Å². The topological polar surface area (TPSA) is 24.1 Å². The molecule has 2 heteroatoms. The smallest absolute Gasteiger partial charge is 0.0353 e. The average molecular weight is 162 g/mol. The number of hydrogen-bond acceptors (Lipinski definition) is 2. The standard InChI is InChI=1S/C10H14N2/c1-8-2-3-9-4-5-11-12-7-10(9)6-8/h2-3,6,11-12H,4-5,7H2,1H3. The summed E-state index contributed by atoms with van der Waals surface area (Å²) < 4.78 is 0. The zero-order valence-electron chi connectivity index (χ0n) is 7.35. The molecule has 0 saturated carbocycles. The van der Waals surface area contributed by atoms with Crippen LogP contribution < -0.4 is 10.9 Å². The van der Waals surface area contributed by atoms with Gasteiger partial charge in [0.15, 0.2) is 0 Å². The molecule has 0 saturated heterocycles. The molecule has 0 radical (unpaired) electrons. The molecule has 0 aliphatic carbocycles. The lowest BCUT2D eigenvalue weighted by atomic mass is 10.0. The van der Waals surface area contributed by atoms with Gasteiger partial charge in [0.25, 0.3) is 0 Å². The minimum absolute atomic E-state index is 0.941. The summed E-state index contributed by atoms with van der Waals surface area (Å²) >= 11 is 0. The second-order valence-electron chi connectivity index (χ2n) is 3.30. The molecule has 0 fully saturated rings. The van der Waals surface area contributed by atoms with Crippen LogP contribution in [-0.4, -0.2) is 6.54 Å². The summed E-state index contributed by atoms with van der Waals surface area (Å²) in [6.07, 6.45) is 1.13. The van der Waals surface area contributed by atoms with Gasteiger partial charge in [0, 0.05) is 13.1 Å². The molecule has 1 heterocycles. The van der Waals surface area contributed by atoms with Crippen LogP contribution in [0.15, 0.2) is 18.2 Å². The number of hydrogen-bond donors (Lipinski definition) is 2. The highest BCUT2D eigenvalue weighted by atomic mass is 15.3. The Morgan fingerprint density at radius 2 is 2.08 bits per heavy atom. The lowest BCUT2D eigenvalue weighted by Crippen LogP contribution is -2.30. The third-order valence-corrected chi connectivity index (χ3v) is 2.28.